The van der Waals surface area contributed by atoms with E-state index in [0.717, 1.165) is 34.3 Å². The number of nitrogens with zero attached hydrogens (tertiary/aromatic N) is 4. The van der Waals surface area contributed by atoms with Crippen molar-refractivity contribution >= 4 is 46.2 Å². The number of rotatable bonds is 5. The number of hydrogen-bond donors (Lipinski definition) is 1. The van der Waals surface area contributed by atoms with Crippen LogP contribution in [0.2, 0.25) is 10.2 Å². The first-order chi connectivity index (χ1) is 17.9. The Balaban J connectivity index is 1.35. The van der Waals surface area contributed by atoms with Crippen LogP contribution in [0.4, 0.5) is 9.18 Å². The molecular formula is C28H22Cl2FN5O. The molecule has 5 rings (SSSR count). The van der Waals surface area contributed by atoms with E-state index in [1.807, 2.05) is 36.4 Å². The molecule has 1 amide bonds. The van der Waals surface area contributed by atoms with Gasteiger partial charge in [0, 0.05) is 54.9 Å². The number of aromatic nitrogens is 2. The SMILES string of the molecule is N#Cc1ccc(/C=C/CN2CCc3c(c4cc(Cl)ccc4n3C(=O)NCc3ccnc(Cl)c3)C2)cc1F. The molecule has 0 unspecified atom stereocenters. The van der Waals surface area contributed by atoms with Gasteiger partial charge in [-0.15, -0.1) is 0 Å². The Labute approximate surface area is 223 Å². The molecular weight excluding hydrogens is 512 g/mol. The number of pyridine rings is 1. The molecule has 9 heteroatoms. The summed E-state index contributed by atoms with van der Waals surface area (Å²) in [4.78, 5) is 19.6. The largest absolute Gasteiger partial charge is 0.333 e. The van der Waals surface area contributed by atoms with E-state index in [9.17, 15) is 9.18 Å². The Hall–Kier alpha value is -3.70. The molecule has 0 saturated carbocycles. The topological polar surface area (TPSA) is 74.0 Å². The number of carbonyl (C=O) groups is 1. The lowest BCUT2D eigenvalue weighted by Crippen LogP contribution is -2.34. The molecule has 37 heavy (non-hydrogen) atoms. The van der Waals surface area contributed by atoms with Gasteiger partial charge in [-0.25, -0.2) is 14.2 Å². The average molecular weight is 534 g/mol. The molecule has 0 atom stereocenters. The van der Waals surface area contributed by atoms with Crippen LogP contribution in [-0.2, 0) is 19.5 Å². The van der Waals surface area contributed by atoms with E-state index in [1.165, 1.54) is 12.1 Å². The van der Waals surface area contributed by atoms with Crippen LogP contribution in [-0.4, -0.2) is 33.6 Å². The lowest BCUT2D eigenvalue weighted by molar-refractivity contribution is 0.240. The van der Waals surface area contributed by atoms with Crippen LogP contribution in [0.15, 0.2) is 60.8 Å². The molecule has 4 aromatic rings. The van der Waals surface area contributed by atoms with Gasteiger partial charge in [-0.2, -0.15) is 5.26 Å². The van der Waals surface area contributed by atoms with Gasteiger partial charge in [0.05, 0.1) is 11.1 Å². The third kappa shape index (κ3) is 5.37. The van der Waals surface area contributed by atoms with E-state index < -0.39 is 5.82 Å². The summed E-state index contributed by atoms with van der Waals surface area (Å²) in [5.74, 6) is -0.526. The summed E-state index contributed by atoms with van der Waals surface area (Å²) in [6.45, 7) is 2.40. The summed E-state index contributed by atoms with van der Waals surface area (Å²) in [6, 6.07) is 15.3. The second-order valence-corrected chi connectivity index (χ2v) is 9.63. The Bertz CT molecular complexity index is 1570. The van der Waals surface area contributed by atoms with Gasteiger partial charge in [0.2, 0.25) is 0 Å². The van der Waals surface area contributed by atoms with Crippen LogP contribution in [0.25, 0.3) is 17.0 Å². The van der Waals surface area contributed by atoms with Gasteiger partial charge >= 0.3 is 6.03 Å². The molecule has 1 aliphatic rings. The first-order valence-electron chi connectivity index (χ1n) is 11.7. The Morgan fingerprint density at radius 2 is 2.05 bits per heavy atom. The number of benzene rings is 2. The molecule has 6 nitrogen and oxygen atoms in total. The highest BCUT2D eigenvalue weighted by atomic mass is 35.5. The Kier molecular flexibility index (Phi) is 7.24. The van der Waals surface area contributed by atoms with E-state index in [4.69, 9.17) is 28.5 Å². The average Bonchev–Trinajstić information content (AvgIpc) is 3.20. The molecule has 186 valence electrons. The normalized spacial score (nSPS) is 13.6. The lowest BCUT2D eigenvalue weighted by atomic mass is 10.0. The maximum atomic E-state index is 13.9. The molecule has 0 radical (unpaired) electrons. The van der Waals surface area contributed by atoms with Gasteiger partial charge in [0.25, 0.3) is 0 Å². The third-order valence-electron chi connectivity index (χ3n) is 6.41. The van der Waals surface area contributed by atoms with Crippen LogP contribution < -0.4 is 5.32 Å². The van der Waals surface area contributed by atoms with Crippen molar-refractivity contribution in [2.24, 2.45) is 0 Å². The fourth-order valence-corrected chi connectivity index (χ4v) is 5.02. The minimum atomic E-state index is -0.526. The second-order valence-electron chi connectivity index (χ2n) is 8.81. The molecule has 0 spiro atoms. The van der Waals surface area contributed by atoms with Crippen LogP contribution >= 0.6 is 23.2 Å². The highest BCUT2D eigenvalue weighted by Crippen LogP contribution is 2.32. The number of nitrogens with one attached hydrogen (secondary N) is 1. The first kappa shape index (κ1) is 25.0. The molecule has 2 aromatic heterocycles. The summed E-state index contributed by atoms with van der Waals surface area (Å²) in [6.07, 6.45) is 6.12. The van der Waals surface area contributed by atoms with E-state index in [-0.39, 0.29) is 11.6 Å². The number of nitriles is 1. The van der Waals surface area contributed by atoms with E-state index >= 15 is 0 Å². The molecule has 0 bridgehead atoms. The molecule has 3 heterocycles. The van der Waals surface area contributed by atoms with Crippen LogP contribution in [0.1, 0.15) is 27.9 Å². The molecule has 0 fully saturated rings. The number of fused-ring (bicyclic) bond motifs is 3. The number of carbonyl (C=O) groups excluding carboxylic acids is 1. The molecule has 0 aliphatic carbocycles. The van der Waals surface area contributed by atoms with Crippen LogP contribution in [0, 0.1) is 17.1 Å². The predicted molar refractivity (Wildman–Crippen MR) is 143 cm³/mol. The van der Waals surface area contributed by atoms with Gasteiger partial charge in [-0.3, -0.25) is 9.47 Å². The van der Waals surface area contributed by atoms with Gasteiger partial charge in [0.1, 0.15) is 17.0 Å². The molecule has 2 aromatic carbocycles. The van der Waals surface area contributed by atoms with Gasteiger partial charge in [-0.1, -0.05) is 41.4 Å². The zero-order valence-electron chi connectivity index (χ0n) is 19.7. The summed E-state index contributed by atoms with van der Waals surface area (Å²) >= 11 is 12.3. The zero-order chi connectivity index (χ0) is 25.9. The Morgan fingerprint density at radius 1 is 1.19 bits per heavy atom. The van der Waals surface area contributed by atoms with Gasteiger partial charge in [-0.05, 0) is 59.2 Å². The van der Waals surface area contributed by atoms with Crippen LogP contribution in [0.5, 0.6) is 0 Å². The molecule has 0 saturated heterocycles. The van der Waals surface area contributed by atoms with Crippen molar-refractivity contribution in [3.8, 4) is 6.07 Å². The summed E-state index contributed by atoms with van der Waals surface area (Å²) < 4.78 is 15.6. The predicted octanol–water partition coefficient (Wildman–Crippen LogP) is 6.18. The summed E-state index contributed by atoms with van der Waals surface area (Å²) in [5.41, 5.74) is 4.45. The molecule has 1 aliphatic heterocycles. The van der Waals surface area contributed by atoms with Gasteiger partial charge in [0.15, 0.2) is 0 Å². The quantitative estimate of drug-likeness (QED) is 0.310. The standard InChI is InChI=1S/C28H22Cl2FN5O/c29-21-5-6-25-22(14-21)23-17-35(10-1-2-18-3-4-20(15-32)24(31)12-18)11-8-26(23)36(25)28(37)34-16-19-7-9-33-27(30)13-19/h1-7,9,12-14H,8,10-11,16-17H2,(H,34,37)/b2-1+. The van der Waals surface area contributed by atoms with Crippen molar-refractivity contribution in [1.82, 2.24) is 19.8 Å². The van der Waals surface area contributed by atoms with Gasteiger partial charge < -0.3 is 5.32 Å². The molecule has 1 N–H and O–H groups in total. The van der Waals surface area contributed by atoms with Crippen LogP contribution in [0.3, 0.4) is 0 Å². The second kappa shape index (κ2) is 10.7. The summed E-state index contributed by atoms with van der Waals surface area (Å²) in [5, 5.41) is 13.8. The zero-order valence-corrected chi connectivity index (χ0v) is 21.2. The maximum Gasteiger partial charge on any atom is 0.326 e. The third-order valence-corrected chi connectivity index (χ3v) is 6.86. The lowest BCUT2D eigenvalue weighted by Gasteiger charge is -2.27. The van der Waals surface area contributed by atoms with Crippen molar-refractivity contribution < 1.29 is 9.18 Å². The van der Waals surface area contributed by atoms with Crippen molar-refractivity contribution in [2.45, 2.75) is 19.5 Å². The van der Waals surface area contributed by atoms with Crippen molar-refractivity contribution in [2.75, 3.05) is 13.1 Å². The van der Waals surface area contributed by atoms with Crippen molar-refractivity contribution in [3.05, 3.63) is 105 Å². The van der Waals surface area contributed by atoms with E-state index in [1.54, 1.807) is 29.0 Å². The highest BCUT2D eigenvalue weighted by Gasteiger charge is 2.26. The van der Waals surface area contributed by atoms with E-state index in [0.29, 0.717) is 41.8 Å². The minimum Gasteiger partial charge on any atom is -0.333 e. The fourth-order valence-electron chi connectivity index (χ4n) is 4.65. The van der Waals surface area contributed by atoms with Crippen molar-refractivity contribution in [1.29, 1.82) is 5.26 Å². The monoisotopic (exact) mass is 533 g/mol. The fraction of sp³-hybridized carbons (Fsp3) is 0.179. The van der Waals surface area contributed by atoms with E-state index in [2.05, 4.69) is 15.2 Å². The van der Waals surface area contributed by atoms with Crippen molar-refractivity contribution in [3.63, 3.8) is 0 Å². The number of hydrogen-bond acceptors (Lipinski definition) is 4. The number of halogens is 3. The first-order valence-corrected chi connectivity index (χ1v) is 12.5. The summed E-state index contributed by atoms with van der Waals surface area (Å²) in [7, 11) is 0. The number of amides is 1. The maximum absolute atomic E-state index is 13.9. The highest BCUT2D eigenvalue weighted by molar-refractivity contribution is 6.31. The smallest absolute Gasteiger partial charge is 0.326 e. The Morgan fingerprint density at radius 3 is 2.84 bits per heavy atom. The minimum absolute atomic E-state index is 0.0318.